The van der Waals surface area contributed by atoms with Crippen LogP contribution in [-0.2, 0) is 11.2 Å². The summed E-state index contributed by atoms with van der Waals surface area (Å²) in [6, 6.07) is 1.88. The van der Waals surface area contributed by atoms with E-state index >= 15 is 0 Å². The Bertz CT molecular complexity index is 399. The molecular formula is C12H21N5O. The van der Waals surface area contributed by atoms with E-state index in [9.17, 15) is 0 Å². The van der Waals surface area contributed by atoms with Crippen molar-refractivity contribution in [3.05, 3.63) is 11.9 Å². The lowest BCUT2D eigenvalue weighted by Crippen LogP contribution is -2.48. The van der Waals surface area contributed by atoms with Gasteiger partial charge >= 0.3 is 0 Å². The lowest BCUT2D eigenvalue weighted by molar-refractivity contribution is -0.0279. The quantitative estimate of drug-likeness (QED) is 0.615. The topological polar surface area (TPSA) is 76.3 Å². The summed E-state index contributed by atoms with van der Waals surface area (Å²) < 4.78 is 5.70. The van der Waals surface area contributed by atoms with Crippen LogP contribution in [0.4, 0.5) is 11.6 Å². The first-order valence-electron chi connectivity index (χ1n) is 6.27. The molecule has 0 atom stereocenters. The van der Waals surface area contributed by atoms with Gasteiger partial charge in [-0.2, -0.15) is 0 Å². The van der Waals surface area contributed by atoms with Crippen molar-refractivity contribution < 1.29 is 4.74 Å². The molecule has 1 fully saturated rings. The molecule has 0 aliphatic carbocycles. The number of nitrogens with two attached hydrogens (primary N) is 1. The molecule has 0 bridgehead atoms. The fraction of sp³-hybridized carbons (Fsp3) is 0.667. The van der Waals surface area contributed by atoms with Gasteiger partial charge in [0.25, 0.3) is 0 Å². The Kier molecular flexibility index (Phi) is 3.68. The van der Waals surface area contributed by atoms with Crippen LogP contribution >= 0.6 is 0 Å². The number of rotatable bonds is 3. The minimum absolute atomic E-state index is 0.147. The Hall–Kier alpha value is -1.40. The molecule has 1 aromatic rings. The molecule has 6 nitrogen and oxygen atoms in total. The van der Waals surface area contributed by atoms with E-state index in [1.807, 2.05) is 13.0 Å². The molecule has 18 heavy (non-hydrogen) atoms. The van der Waals surface area contributed by atoms with Crippen LogP contribution in [0, 0.1) is 0 Å². The number of hydrazine groups is 1. The highest BCUT2D eigenvalue weighted by molar-refractivity contribution is 5.49. The smallest absolute Gasteiger partial charge is 0.145 e. The predicted molar refractivity (Wildman–Crippen MR) is 71.5 cm³/mol. The molecule has 2 heterocycles. The van der Waals surface area contributed by atoms with Gasteiger partial charge in [0.15, 0.2) is 0 Å². The highest BCUT2D eigenvalue weighted by atomic mass is 16.5. The van der Waals surface area contributed by atoms with E-state index in [0.717, 1.165) is 31.2 Å². The Morgan fingerprint density at radius 3 is 2.89 bits per heavy atom. The van der Waals surface area contributed by atoms with Crippen LogP contribution in [0.3, 0.4) is 0 Å². The van der Waals surface area contributed by atoms with Crippen LogP contribution in [0.25, 0.3) is 0 Å². The van der Waals surface area contributed by atoms with E-state index < -0.39 is 0 Å². The maximum absolute atomic E-state index is 5.70. The van der Waals surface area contributed by atoms with E-state index in [-0.39, 0.29) is 5.60 Å². The van der Waals surface area contributed by atoms with E-state index in [1.165, 1.54) is 0 Å². The molecule has 3 N–H and O–H groups in total. The second kappa shape index (κ2) is 5.07. The van der Waals surface area contributed by atoms with Gasteiger partial charge in [-0.1, -0.05) is 6.92 Å². The third-order valence-electron chi connectivity index (χ3n) is 2.97. The number of hydrogen-bond donors (Lipinski definition) is 2. The maximum Gasteiger partial charge on any atom is 0.145 e. The predicted octanol–water partition coefficient (Wildman–Crippen LogP) is 0.940. The normalized spacial score (nSPS) is 18.8. The second-order valence-electron chi connectivity index (χ2n) is 5.06. The van der Waals surface area contributed by atoms with Gasteiger partial charge in [0.05, 0.1) is 12.2 Å². The summed E-state index contributed by atoms with van der Waals surface area (Å²) in [7, 11) is 0. The van der Waals surface area contributed by atoms with Gasteiger partial charge in [0, 0.05) is 25.6 Å². The van der Waals surface area contributed by atoms with Gasteiger partial charge < -0.3 is 15.1 Å². The molecule has 0 aromatic carbocycles. The van der Waals surface area contributed by atoms with Gasteiger partial charge in [-0.15, -0.1) is 0 Å². The number of nitrogen functional groups attached to an aromatic ring is 1. The molecule has 1 aromatic heterocycles. The minimum Gasteiger partial charge on any atom is -0.372 e. The average molecular weight is 251 g/mol. The summed E-state index contributed by atoms with van der Waals surface area (Å²) in [5.74, 6) is 7.80. The Balaban J connectivity index is 2.26. The Morgan fingerprint density at radius 2 is 2.28 bits per heavy atom. The molecule has 0 saturated carbocycles. The summed E-state index contributed by atoms with van der Waals surface area (Å²) in [6.45, 7) is 8.57. The van der Waals surface area contributed by atoms with Crippen molar-refractivity contribution >= 4 is 11.6 Å². The molecule has 6 heteroatoms. The van der Waals surface area contributed by atoms with Gasteiger partial charge in [-0.3, -0.25) is 0 Å². The van der Waals surface area contributed by atoms with Crippen molar-refractivity contribution in [2.75, 3.05) is 30.0 Å². The van der Waals surface area contributed by atoms with Crippen LogP contribution < -0.4 is 16.2 Å². The Morgan fingerprint density at radius 1 is 1.50 bits per heavy atom. The number of morpholine rings is 1. The van der Waals surface area contributed by atoms with Gasteiger partial charge in [0.2, 0.25) is 0 Å². The van der Waals surface area contributed by atoms with E-state index in [0.29, 0.717) is 12.4 Å². The zero-order chi connectivity index (χ0) is 13.2. The van der Waals surface area contributed by atoms with Gasteiger partial charge in [-0.05, 0) is 13.8 Å². The number of ether oxygens (including phenoxy) is 1. The zero-order valence-electron chi connectivity index (χ0n) is 11.2. The third kappa shape index (κ3) is 2.88. The monoisotopic (exact) mass is 251 g/mol. The molecule has 1 aliphatic rings. The highest BCUT2D eigenvalue weighted by Crippen LogP contribution is 2.23. The van der Waals surface area contributed by atoms with Crippen molar-refractivity contribution in [3.63, 3.8) is 0 Å². The van der Waals surface area contributed by atoms with Crippen LogP contribution in [0.15, 0.2) is 6.07 Å². The van der Waals surface area contributed by atoms with Gasteiger partial charge in [-0.25, -0.2) is 15.8 Å². The number of aryl methyl sites for hydroxylation is 1. The largest absolute Gasteiger partial charge is 0.372 e. The van der Waals surface area contributed by atoms with Crippen molar-refractivity contribution in [3.8, 4) is 0 Å². The number of aromatic nitrogens is 2. The fourth-order valence-corrected chi connectivity index (χ4v) is 2.09. The minimum atomic E-state index is -0.147. The second-order valence-corrected chi connectivity index (χ2v) is 5.06. The van der Waals surface area contributed by atoms with E-state index in [4.69, 9.17) is 10.6 Å². The molecule has 100 valence electrons. The molecular weight excluding hydrogens is 230 g/mol. The van der Waals surface area contributed by atoms with Gasteiger partial charge in [0.1, 0.15) is 17.5 Å². The number of anilines is 2. The molecule has 0 amide bonds. The van der Waals surface area contributed by atoms with E-state index in [2.05, 4.69) is 34.1 Å². The maximum atomic E-state index is 5.70. The van der Waals surface area contributed by atoms with Crippen LogP contribution in [0.1, 0.15) is 26.6 Å². The lowest BCUT2D eigenvalue weighted by Gasteiger charge is -2.38. The number of nitrogens with zero attached hydrogens (tertiary/aromatic N) is 3. The summed E-state index contributed by atoms with van der Waals surface area (Å²) in [5.41, 5.74) is 2.45. The van der Waals surface area contributed by atoms with Crippen molar-refractivity contribution in [1.82, 2.24) is 9.97 Å². The Labute approximate surface area is 108 Å². The first-order chi connectivity index (χ1) is 8.54. The summed E-state index contributed by atoms with van der Waals surface area (Å²) in [5, 5.41) is 0. The molecule has 2 rings (SSSR count). The molecule has 0 unspecified atom stereocenters. The van der Waals surface area contributed by atoms with Crippen LogP contribution in [0.5, 0.6) is 0 Å². The number of nitrogens with one attached hydrogen (secondary N) is 1. The lowest BCUT2D eigenvalue weighted by atomic mass is 10.1. The van der Waals surface area contributed by atoms with Crippen molar-refractivity contribution in [1.29, 1.82) is 0 Å². The molecule has 1 aliphatic heterocycles. The average Bonchev–Trinajstić information content (AvgIpc) is 2.37. The summed E-state index contributed by atoms with van der Waals surface area (Å²) in [4.78, 5) is 11.1. The van der Waals surface area contributed by atoms with Crippen molar-refractivity contribution in [2.24, 2.45) is 5.84 Å². The summed E-state index contributed by atoms with van der Waals surface area (Å²) >= 11 is 0. The molecule has 0 radical (unpaired) electrons. The number of hydrogen-bond acceptors (Lipinski definition) is 6. The zero-order valence-corrected chi connectivity index (χ0v) is 11.2. The third-order valence-corrected chi connectivity index (χ3v) is 2.97. The first kappa shape index (κ1) is 13.0. The standard InChI is InChI=1S/C12H21N5O/c1-4-9-14-10(16-13)7-11(15-9)17-5-6-18-12(2,3)8-17/h7H,4-6,8,13H2,1-3H3,(H,14,15,16). The van der Waals surface area contributed by atoms with E-state index in [1.54, 1.807) is 0 Å². The highest BCUT2D eigenvalue weighted by Gasteiger charge is 2.28. The van der Waals surface area contributed by atoms with Crippen LogP contribution in [0.2, 0.25) is 0 Å². The van der Waals surface area contributed by atoms with Crippen LogP contribution in [-0.4, -0.2) is 35.3 Å². The molecule has 1 saturated heterocycles. The fourth-order valence-electron chi connectivity index (χ4n) is 2.09. The van der Waals surface area contributed by atoms with Crippen molar-refractivity contribution in [2.45, 2.75) is 32.8 Å². The first-order valence-corrected chi connectivity index (χ1v) is 6.27. The SMILES string of the molecule is CCc1nc(NN)cc(N2CCOC(C)(C)C2)n1. The summed E-state index contributed by atoms with van der Waals surface area (Å²) in [6.07, 6.45) is 0.788. The molecule has 0 spiro atoms.